The number of rotatable bonds is 4. The molecule has 0 bridgehead atoms. The van der Waals surface area contributed by atoms with E-state index in [9.17, 15) is 14.0 Å². The summed E-state index contributed by atoms with van der Waals surface area (Å²) in [7, 11) is 1.81. The Morgan fingerprint density at radius 3 is 2.68 bits per heavy atom. The van der Waals surface area contributed by atoms with E-state index in [2.05, 4.69) is 15.7 Å². The van der Waals surface area contributed by atoms with Crippen LogP contribution >= 0.6 is 0 Å². The van der Waals surface area contributed by atoms with Gasteiger partial charge < -0.3 is 10.6 Å². The average Bonchev–Trinajstić information content (AvgIpc) is 2.97. The van der Waals surface area contributed by atoms with Gasteiger partial charge in [0.1, 0.15) is 11.9 Å². The first kappa shape index (κ1) is 16.6. The number of fused-ring (bicyclic) bond motifs is 1. The quantitative estimate of drug-likeness (QED) is 0.766. The van der Waals surface area contributed by atoms with E-state index in [1.165, 1.54) is 25.1 Å². The molecule has 0 aliphatic rings. The maximum atomic E-state index is 13.6. The van der Waals surface area contributed by atoms with Crippen molar-refractivity contribution < 1.29 is 14.0 Å². The van der Waals surface area contributed by atoms with Gasteiger partial charge in [-0.15, -0.1) is 0 Å². The first-order valence-corrected chi connectivity index (χ1v) is 7.74. The fraction of sp³-hybridized carbons (Fsp3) is 0.167. The Hall–Kier alpha value is -3.22. The van der Waals surface area contributed by atoms with Crippen LogP contribution < -0.4 is 10.6 Å². The van der Waals surface area contributed by atoms with E-state index in [1.807, 2.05) is 19.2 Å². The molecule has 6 nitrogen and oxygen atoms in total. The van der Waals surface area contributed by atoms with Crippen LogP contribution in [0.1, 0.15) is 17.3 Å². The van der Waals surface area contributed by atoms with Crippen molar-refractivity contribution in [3.05, 3.63) is 60.0 Å². The number of carbonyl (C=O) groups excluding carboxylic acids is 2. The van der Waals surface area contributed by atoms with E-state index in [-0.39, 0.29) is 5.56 Å². The van der Waals surface area contributed by atoms with Gasteiger partial charge in [-0.05, 0) is 31.2 Å². The normalized spacial score (nSPS) is 12.0. The summed E-state index contributed by atoms with van der Waals surface area (Å²) < 4.78 is 15.3. The van der Waals surface area contributed by atoms with E-state index >= 15 is 0 Å². The van der Waals surface area contributed by atoms with Crippen LogP contribution in [0.2, 0.25) is 0 Å². The second kappa shape index (κ2) is 6.72. The molecule has 0 saturated heterocycles. The van der Waals surface area contributed by atoms with E-state index in [0.29, 0.717) is 5.69 Å². The van der Waals surface area contributed by atoms with E-state index in [1.54, 1.807) is 23.0 Å². The molecule has 0 fully saturated rings. The number of hydrogen-bond donors (Lipinski definition) is 2. The second-order valence-corrected chi connectivity index (χ2v) is 5.67. The average molecular weight is 340 g/mol. The van der Waals surface area contributed by atoms with Gasteiger partial charge in [-0.3, -0.25) is 14.3 Å². The number of nitrogens with zero attached hydrogens (tertiary/aromatic N) is 2. The summed E-state index contributed by atoms with van der Waals surface area (Å²) in [5.41, 5.74) is 1.37. The van der Waals surface area contributed by atoms with Gasteiger partial charge in [-0.25, -0.2) is 4.39 Å². The number of hydrogen-bond acceptors (Lipinski definition) is 3. The molecular formula is C18H17FN4O2. The predicted molar refractivity (Wildman–Crippen MR) is 92.7 cm³/mol. The Bertz CT molecular complexity index is 951. The van der Waals surface area contributed by atoms with Gasteiger partial charge in [-0.1, -0.05) is 18.2 Å². The molecule has 0 saturated carbocycles. The second-order valence-electron chi connectivity index (χ2n) is 5.67. The van der Waals surface area contributed by atoms with E-state index < -0.39 is 23.7 Å². The molecule has 0 aliphatic carbocycles. The number of halogens is 1. The van der Waals surface area contributed by atoms with Crippen LogP contribution in [0, 0.1) is 5.82 Å². The summed E-state index contributed by atoms with van der Waals surface area (Å²) in [4.78, 5) is 24.5. The smallest absolute Gasteiger partial charge is 0.254 e. The SMILES string of the molecule is CC(NC(=O)c1ccccc1F)C(=O)Nc1cccc2c1cnn2C. The standard InChI is InChI=1S/C18H17FN4O2/c1-11(21-18(25)12-6-3-4-7-14(12)19)17(24)22-15-8-5-9-16-13(15)10-20-23(16)2/h3-11H,1-2H3,(H,21,25)(H,22,24). The van der Waals surface area contributed by atoms with Crippen LogP contribution in [0.4, 0.5) is 10.1 Å². The number of carbonyl (C=O) groups is 2. The van der Waals surface area contributed by atoms with Gasteiger partial charge in [-0.2, -0.15) is 5.10 Å². The number of anilines is 1. The maximum absolute atomic E-state index is 13.6. The molecule has 1 heterocycles. The zero-order chi connectivity index (χ0) is 18.0. The zero-order valence-corrected chi connectivity index (χ0v) is 13.8. The molecule has 1 aromatic heterocycles. The summed E-state index contributed by atoms with van der Waals surface area (Å²) in [6, 6.07) is 10.2. The van der Waals surface area contributed by atoms with E-state index in [0.717, 1.165) is 10.9 Å². The monoisotopic (exact) mass is 340 g/mol. The third kappa shape index (κ3) is 3.35. The lowest BCUT2D eigenvalue weighted by Crippen LogP contribution is -2.41. The van der Waals surface area contributed by atoms with Crippen LogP contribution in [0.5, 0.6) is 0 Å². The molecule has 3 aromatic rings. The van der Waals surface area contributed by atoms with Gasteiger partial charge in [0.05, 0.1) is 23.0 Å². The molecule has 25 heavy (non-hydrogen) atoms. The summed E-state index contributed by atoms with van der Waals surface area (Å²) >= 11 is 0. The Labute approximate surface area is 143 Å². The number of nitrogens with one attached hydrogen (secondary N) is 2. The highest BCUT2D eigenvalue weighted by Gasteiger charge is 2.19. The number of amides is 2. The number of aryl methyl sites for hydroxylation is 1. The minimum absolute atomic E-state index is 0.100. The van der Waals surface area contributed by atoms with Gasteiger partial charge in [0, 0.05) is 12.4 Å². The molecule has 0 aliphatic heterocycles. The lowest BCUT2D eigenvalue weighted by Gasteiger charge is -2.15. The van der Waals surface area contributed by atoms with Crippen molar-refractivity contribution in [1.29, 1.82) is 0 Å². The molecule has 128 valence electrons. The van der Waals surface area contributed by atoms with Crippen molar-refractivity contribution in [3.63, 3.8) is 0 Å². The molecule has 3 rings (SSSR count). The van der Waals surface area contributed by atoms with Crippen molar-refractivity contribution in [3.8, 4) is 0 Å². The highest BCUT2D eigenvalue weighted by molar-refractivity contribution is 6.05. The van der Waals surface area contributed by atoms with Gasteiger partial charge >= 0.3 is 0 Å². The van der Waals surface area contributed by atoms with Crippen LogP contribution in [0.15, 0.2) is 48.7 Å². The van der Waals surface area contributed by atoms with E-state index in [4.69, 9.17) is 0 Å². The molecular weight excluding hydrogens is 323 g/mol. The summed E-state index contributed by atoms with van der Waals surface area (Å²) in [5.74, 6) is -1.67. The topological polar surface area (TPSA) is 76.0 Å². The maximum Gasteiger partial charge on any atom is 0.254 e. The van der Waals surface area contributed by atoms with Gasteiger partial charge in [0.25, 0.3) is 5.91 Å². The molecule has 0 spiro atoms. The number of aromatic nitrogens is 2. The summed E-state index contributed by atoms with van der Waals surface area (Å²) in [6.07, 6.45) is 1.66. The largest absolute Gasteiger partial charge is 0.340 e. The van der Waals surface area contributed by atoms with Crippen molar-refractivity contribution in [2.45, 2.75) is 13.0 Å². The van der Waals surface area contributed by atoms with Crippen molar-refractivity contribution in [2.75, 3.05) is 5.32 Å². The fourth-order valence-corrected chi connectivity index (χ4v) is 2.51. The third-order valence-corrected chi connectivity index (χ3v) is 3.91. The lowest BCUT2D eigenvalue weighted by molar-refractivity contribution is -0.117. The highest BCUT2D eigenvalue weighted by Crippen LogP contribution is 2.22. The summed E-state index contributed by atoms with van der Waals surface area (Å²) in [6.45, 7) is 1.54. The minimum atomic E-state index is -0.834. The molecule has 1 atom stereocenters. The van der Waals surface area contributed by atoms with Crippen LogP contribution in [-0.2, 0) is 11.8 Å². The fourth-order valence-electron chi connectivity index (χ4n) is 2.51. The van der Waals surface area contributed by atoms with Crippen LogP contribution in [0.25, 0.3) is 10.9 Å². The van der Waals surface area contributed by atoms with Gasteiger partial charge in [0.15, 0.2) is 0 Å². The Kier molecular flexibility index (Phi) is 4.47. The molecule has 1 unspecified atom stereocenters. The lowest BCUT2D eigenvalue weighted by atomic mass is 10.1. The van der Waals surface area contributed by atoms with Crippen LogP contribution in [0.3, 0.4) is 0 Å². The Balaban J connectivity index is 1.72. The molecule has 2 amide bonds. The molecule has 7 heteroatoms. The van der Waals surface area contributed by atoms with Crippen molar-refractivity contribution in [1.82, 2.24) is 15.1 Å². The first-order valence-electron chi connectivity index (χ1n) is 7.74. The Morgan fingerprint density at radius 2 is 1.92 bits per heavy atom. The zero-order valence-electron chi connectivity index (χ0n) is 13.8. The predicted octanol–water partition coefficient (Wildman–Crippen LogP) is 2.47. The molecule has 0 radical (unpaired) electrons. The third-order valence-electron chi connectivity index (χ3n) is 3.91. The molecule has 2 N–H and O–H groups in total. The van der Waals surface area contributed by atoms with Crippen molar-refractivity contribution >= 4 is 28.4 Å². The first-order chi connectivity index (χ1) is 12.0. The molecule has 2 aromatic carbocycles. The summed E-state index contributed by atoms with van der Waals surface area (Å²) in [5, 5.41) is 10.2. The minimum Gasteiger partial charge on any atom is -0.340 e. The number of benzene rings is 2. The van der Waals surface area contributed by atoms with Crippen LogP contribution in [-0.4, -0.2) is 27.6 Å². The highest BCUT2D eigenvalue weighted by atomic mass is 19.1. The van der Waals surface area contributed by atoms with Crippen molar-refractivity contribution in [2.24, 2.45) is 7.05 Å². The van der Waals surface area contributed by atoms with Gasteiger partial charge in [0.2, 0.25) is 5.91 Å². The Morgan fingerprint density at radius 1 is 1.16 bits per heavy atom.